The van der Waals surface area contributed by atoms with Gasteiger partial charge in [0.25, 0.3) is 0 Å². The molecular weight excluding hydrogens is 142 g/mol. The van der Waals surface area contributed by atoms with Crippen molar-refractivity contribution in [3.63, 3.8) is 0 Å². The molecule has 0 aliphatic carbocycles. The van der Waals surface area contributed by atoms with Crippen molar-refractivity contribution in [3.8, 4) is 0 Å². The monoisotopic (exact) mass is 153 g/mol. The number of imidazole rings is 1. The van der Waals surface area contributed by atoms with Crippen LogP contribution in [0.4, 0.5) is 5.95 Å². The van der Waals surface area contributed by atoms with E-state index >= 15 is 0 Å². The third-order valence-electron chi connectivity index (χ3n) is 1.65. The van der Waals surface area contributed by atoms with E-state index in [1.54, 1.807) is 6.20 Å². The zero-order valence-electron chi connectivity index (χ0n) is 6.17. The van der Waals surface area contributed by atoms with Gasteiger partial charge >= 0.3 is 0 Å². The number of anilines is 1. The molecule has 60 valence electrons. The van der Waals surface area contributed by atoms with Gasteiger partial charge in [0.05, 0.1) is 13.2 Å². The second kappa shape index (κ2) is 2.89. The molecule has 0 atom stereocenters. The van der Waals surface area contributed by atoms with Crippen molar-refractivity contribution in [1.82, 2.24) is 20.7 Å². The lowest BCUT2D eigenvalue weighted by atomic mass is 10.5. The highest BCUT2D eigenvalue weighted by Crippen LogP contribution is 2.02. The first-order chi connectivity index (χ1) is 5.47. The third-order valence-corrected chi connectivity index (χ3v) is 1.65. The highest BCUT2D eigenvalue weighted by Gasteiger charge is 2.10. The van der Waals surface area contributed by atoms with Crippen LogP contribution in [-0.2, 0) is 0 Å². The number of nitrogens with one attached hydrogen (secondary N) is 3. The van der Waals surface area contributed by atoms with Crippen molar-refractivity contribution in [2.45, 2.75) is 0 Å². The summed E-state index contributed by atoms with van der Waals surface area (Å²) in [6.07, 6.45) is 3.57. The Morgan fingerprint density at radius 1 is 1.55 bits per heavy atom. The highest BCUT2D eigenvalue weighted by atomic mass is 15.6. The zero-order valence-corrected chi connectivity index (χ0v) is 6.17. The molecule has 0 radical (unpaired) electrons. The summed E-state index contributed by atoms with van der Waals surface area (Å²) in [6, 6.07) is 0. The van der Waals surface area contributed by atoms with E-state index in [4.69, 9.17) is 0 Å². The molecule has 1 aliphatic rings. The standard InChI is InChI=1S/C6H11N5/c1-2-9-6(8-1)11-4-3-7-5-10-11/h1-2,7,10H,3-5H2,(H,8,9). The second-order valence-electron chi connectivity index (χ2n) is 2.40. The summed E-state index contributed by atoms with van der Waals surface area (Å²) >= 11 is 0. The zero-order chi connectivity index (χ0) is 7.52. The lowest BCUT2D eigenvalue weighted by Crippen LogP contribution is -2.52. The van der Waals surface area contributed by atoms with Crippen LogP contribution in [0.5, 0.6) is 0 Å². The normalized spacial score (nSPS) is 18.7. The minimum atomic E-state index is 0.806. The predicted molar refractivity (Wildman–Crippen MR) is 41.9 cm³/mol. The van der Waals surface area contributed by atoms with E-state index in [2.05, 4.69) is 20.7 Å². The number of hydrogen-bond donors (Lipinski definition) is 3. The van der Waals surface area contributed by atoms with Crippen LogP contribution in [0.3, 0.4) is 0 Å². The predicted octanol–water partition coefficient (Wildman–Crippen LogP) is -0.719. The minimum Gasteiger partial charge on any atom is -0.330 e. The number of hydrazine groups is 1. The molecular formula is C6H11N5. The van der Waals surface area contributed by atoms with Gasteiger partial charge < -0.3 is 10.3 Å². The van der Waals surface area contributed by atoms with Gasteiger partial charge in [0.15, 0.2) is 0 Å². The van der Waals surface area contributed by atoms with Crippen LogP contribution in [0, 0.1) is 0 Å². The number of rotatable bonds is 1. The molecule has 0 spiro atoms. The van der Waals surface area contributed by atoms with Crippen LogP contribution in [0.25, 0.3) is 0 Å². The summed E-state index contributed by atoms with van der Waals surface area (Å²) in [6.45, 7) is 2.74. The topological polar surface area (TPSA) is 56.0 Å². The molecule has 1 saturated heterocycles. The van der Waals surface area contributed by atoms with Crippen molar-refractivity contribution in [1.29, 1.82) is 0 Å². The molecule has 5 nitrogen and oxygen atoms in total. The Hall–Kier alpha value is -1.07. The summed E-state index contributed by atoms with van der Waals surface area (Å²) in [5.74, 6) is 0.881. The van der Waals surface area contributed by atoms with Crippen molar-refractivity contribution < 1.29 is 0 Å². The maximum Gasteiger partial charge on any atom is 0.217 e. The lowest BCUT2D eigenvalue weighted by molar-refractivity contribution is 0.480. The number of nitrogens with zero attached hydrogens (tertiary/aromatic N) is 2. The molecule has 1 aliphatic heterocycles. The summed E-state index contributed by atoms with van der Waals surface area (Å²) in [5, 5.41) is 5.18. The first kappa shape index (κ1) is 6.63. The molecule has 1 aromatic rings. The molecule has 2 rings (SSSR count). The van der Waals surface area contributed by atoms with Gasteiger partial charge in [0, 0.05) is 18.9 Å². The maximum absolute atomic E-state index is 4.12. The average Bonchev–Trinajstić information content (AvgIpc) is 2.58. The summed E-state index contributed by atoms with van der Waals surface area (Å²) in [5.41, 5.74) is 3.15. The van der Waals surface area contributed by atoms with Gasteiger partial charge in [0.1, 0.15) is 0 Å². The average molecular weight is 153 g/mol. The Bertz CT molecular complexity index is 201. The van der Waals surface area contributed by atoms with Gasteiger partial charge in [-0.05, 0) is 0 Å². The highest BCUT2D eigenvalue weighted by molar-refractivity contribution is 5.26. The van der Waals surface area contributed by atoms with Crippen LogP contribution in [0.1, 0.15) is 0 Å². The van der Waals surface area contributed by atoms with Crippen LogP contribution in [-0.4, -0.2) is 29.7 Å². The Kier molecular flexibility index (Phi) is 1.74. The Labute approximate surface area is 64.8 Å². The Morgan fingerprint density at radius 2 is 2.55 bits per heavy atom. The first-order valence-electron chi connectivity index (χ1n) is 3.68. The van der Waals surface area contributed by atoms with Gasteiger partial charge in [-0.15, -0.1) is 0 Å². The van der Waals surface area contributed by atoms with E-state index in [9.17, 15) is 0 Å². The number of aromatic nitrogens is 2. The third kappa shape index (κ3) is 1.33. The fourth-order valence-corrected chi connectivity index (χ4v) is 1.09. The van der Waals surface area contributed by atoms with Crippen LogP contribution >= 0.6 is 0 Å². The van der Waals surface area contributed by atoms with E-state index < -0.39 is 0 Å². The molecule has 1 fully saturated rings. The first-order valence-corrected chi connectivity index (χ1v) is 3.68. The molecule has 1 aromatic heterocycles. The summed E-state index contributed by atoms with van der Waals surface area (Å²) in [7, 11) is 0. The summed E-state index contributed by atoms with van der Waals surface area (Å²) in [4.78, 5) is 7.15. The molecule has 0 aromatic carbocycles. The Morgan fingerprint density at radius 3 is 3.18 bits per heavy atom. The van der Waals surface area contributed by atoms with Gasteiger partial charge in [-0.25, -0.2) is 10.4 Å². The van der Waals surface area contributed by atoms with Crippen LogP contribution in [0.2, 0.25) is 0 Å². The van der Waals surface area contributed by atoms with E-state index in [-0.39, 0.29) is 0 Å². The Balaban J connectivity index is 2.04. The number of H-pyrrole nitrogens is 1. The van der Waals surface area contributed by atoms with Crippen molar-refractivity contribution in [3.05, 3.63) is 12.4 Å². The fraction of sp³-hybridized carbons (Fsp3) is 0.500. The number of hydrogen-bond acceptors (Lipinski definition) is 4. The van der Waals surface area contributed by atoms with Gasteiger partial charge in [-0.2, -0.15) is 0 Å². The minimum absolute atomic E-state index is 0.806. The molecule has 11 heavy (non-hydrogen) atoms. The SMILES string of the molecule is c1c[nH]c(N2CCNCN2)n1. The molecule has 0 bridgehead atoms. The van der Waals surface area contributed by atoms with Crippen LogP contribution in [0.15, 0.2) is 12.4 Å². The molecule has 0 saturated carbocycles. The molecule has 2 heterocycles. The van der Waals surface area contributed by atoms with Gasteiger partial charge in [0.2, 0.25) is 5.95 Å². The molecule has 3 N–H and O–H groups in total. The van der Waals surface area contributed by atoms with Gasteiger partial charge in [-0.3, -0.25) is 5.01 Å². The van der Waals surface area contributed by atoms with Crippen LogP contribution < -0.4 is 15.8 Å². The van der Waals surface area contributed by atoms with E-state index in [0.29, 0.717) is 0 Å². The molecule has 0 amide bonds. The number of aromatic amines is 1. The van der Waals surface area contributed by atoms with Crippen molar-refractivity contribution >= 4 is 5.95 Å². The fourth-order valence-electron chi connectivity index (χ4n) is 1.09. The maximum atomic E-state index is 4.12. The van der Waals surface area contributed by atoms with Crippen molar-refractivity contribution in [2.75, 3.05) is 24.8 Å². The van der Waals surface area contributed by atoms with E-state index in [0.717, 1.165) is 25.7 Å². The second-order valence-corrected chi connectivity index (χ2v) is 2.40. The van der Waals surface area contributed by atoms with E-state index in [1.807, 2.05) is 11.2 Å². The van der Waals surface area contributed by atoms with Gasteiger partial charge in [-0.1, -0.05) is 0 Å². The quantitative estimate of drug-likeness (QED) is 0.498. The smallest absolute Gasteiger partial charge is 0.217 e. The molecule has 0 unspecified atom stereocenters. The van der Waals surface area contributed by atoms with E-state index in [1.165, 1.54) is 0 Å². The van der Waals surface area contributed by atoms with Crippen molar-refractivity contribution in [2.24, 2.45) is 0 Å². The lowest BCUT2D eigenvalue weighted by Gasteiger charge is -2.27. The largest absolute Gasteiger partial charge is 0.330 e. The molecule has 5 heteroatoms. The summed E-state index contributed by atoms with van der Waals surface area (Å²) < 4.78 is 0.